The van der Waals surface area contributed by atoms with Gasteiger partial charge in [-0.2, -0.15) is 0 Å². The number of aromatic carboxylic acids is 1. The second-order valence-electron chi connectivity index (χ2n) is 3.10. The number of ether oxygens (including phenoxy) is 1. The van der Waals surface area contributed by atoms with Crippen LogP contribution in [0.4, 0.5) is 0 Å². The number of benzene rings is 1. The number of thioether (sulfide) groups is 1. The van der Waals surface area contributed by atoms with Crippen LogP contribution in [0.25, 0.3) is 0 Å². The molecule has 0 saturated carbocycles. The number of carbonyl (C=O) groups is 1. The van der Waals surface area contributed by atoms with E-state index >= 15 is 0 Å². The lowest BCUT2D eigenvalue weighted by atomic mass is 10.1. The van der Waals surface area contributed by atoms with Crippen molar-refractivity contribution in [3.8, 4) is 0 Å². The van der Waals surface area contributed by atoms with Crippen molar-refractivity contribution in [1.29, 1.82) is 0 Å². The molecule has 1 aromatic carbocycles. The summed E-state index contributed by atoms with van der Waals surface area (Å²) in [6.45, 7) is 2.54. The lowest BCUT2D eigenvalue weighted by Crippen LogP contribution is -2.01. The molecule has 0 fully saturated rings. The Bertz CT molecular complexity index is 350. The van der Waals surface area contributed by atoms with Crippen LogP contribution in [-0.4, -0.2) is 30.5 Å². The van der Waals surface area contributed by atoms with Crippen LogP contribution in [0.5, 0.6) is 0 Å². The predicted octanol–water partition coefficient (Wildman–Crippen LogP) is 2.43. The SMILES string of the molecule is COCCSc1c(C)cccc1C(=O)O. The maximum atomic E-state index is 11.0. The molecule has 15 heavy (non-hydrogen) atoms. The first kappa shape index (κ1) is 12.1. The van der Waals surface area contributed by atoms with Crippen molar-refractivity contribution in [2.45, 2.75) is 11.8 Å². The zero-order valence-corrected chi connectivity index (χ0v) is 9.63. The number of methoxy groups -OCH3 is 1. The van der Waals surface area contributed by atoms with Gasteiger partial charge in [-0.3, -0.25) is 0 Å². The molecule has 1 N–H and O–H groups in total. The Morgan fingerprint density at radius 1 is 1.53 bits per heavy atom. The van der Waals surface area contributed by atoms with Gasteiger partial charge in [0.1, 0.15) is 0 Å². The van der Waals surface area contributed by atoms with Crippen molar-refractivity contribution in [3.05, 3.63) is 29.3 Å². The Kier molecular flexibility index (Phi) is 4.65. The minimum atomic E-state index is -0.876. The van der Waals surface area contributed by atoms with Crippen molar-refractivity contribution in [2.75, 3.05) is 19.5 Å². The quantitative estimate of drug-likeness (QED) is 0.618. The fourth-order valence-corrected chi connectivity index (χ4v) is 2.30. The zero-order chi connectivity index (χ0) is 11.3. The molecule has 1 rings (SSSR count). The zero-order valence-electron chi connectivity index (χ0n) is 8.82. The molecule has 3 nitrogen and oxygen atoms in total. The number of aryl methyl sites for hydroxylation is 1. The molecule has 0 saturated heterocycles. The van der Waals surface area contributed by atoms with Crippen LogP contribution in [0.3, 0.4) is 0 Å². The summed E-state index contributed by atoms with van der Waals surface area (Å²) in [6, 6.07) is 5.31. The van der Waals surface area contributed by atoms with Gasteiger partial charge < -0.3 is 9.84 Å². The van der Waals surface area contributed by atoms with Gasteiger partial charge in [-0.1, -0.05) is 12.1 Å². The summed E-state index contributed by atoms with van der Waals surface area (Å²) in [7, 11) is 1.64. The second-order valence-corrected chi connectivity index (χ2v) is 4.20. The topological polar surface area (TPSA) is 46.5 Å². The number of rotatable bonds is 5. The standard InChI is InChI=1S/C11H14O3S/c1-8-4-3-5-9(11(12)13)10(8)15-7-6-14-2/h3-5H,6-7H2,1-2H3,(H,12,13). The van der Waals surface area contributed by atoms with E-state index in [9.17, 15) is 4.79 Å². The minimum absolute atomic E-state index is 0.371. The number of hydrogen-bond donors (Lipinski definition) is 1. The van der Waals surface area contributed by atoms with Crippen molar-refractivity contribution in [2.24, 2.45) is 0 Å². The Labute approximate surface area is 93.4 Å². The summed E-state index contributed by atoms with van der Waals surface area (Å²) < 4.78 is 4.94. The monoisotopic (exact) mass is 226 g/mol. The molecule has 0 aliphatic rings. The normalized spacial score (nSPS) is 10.3. The summed E-state index contributed by atoms with van der Waals surface area (Å²) in [5, 5.41) is 9.00. The average molecular weight is 226 g/mol. The first-order valence-electron chi connectivity index (χ1n) is 4.61. The maximum absolute atomic E-state index is 11.0. The van der Waals surface area contributed by atoms with Gasteiger partial charge >= 0.3 is 5.97 Å². The van der Waals surface area contributed by atoms with E-state index in [0.717, 1.165) is 16.2 Å². The molecule has 0 radical (unpaired) electrons. The summed E-state index contributed by atoms with van der Waals surface area (Å²) in [5.41, 5.74) is 1.37. The summed E-state index contributed by atoms with van der Waals surface area (Å²) >= 11 is 1.52. The third-order valence-electron chi connectivity index (χ3n) is 1.98. The van der Waals surface area contributed by atoms with E-state index in [4.69, 9.17) is 9.84 Å². The third-order valence-corrected chi connectivity index (χ3v) is 3.18. The van der Waals surface area contributed by atoms with Crippen LogP contribution >= 0.6 is 11.8 Å². The van der Waals surface area contributed by atoms with E-state index in [1.165, 1.54) is 11.8 Å². The molecule has 0 unspecified atom stereocenters. The largest absolute Gasteiger partial charge is 0.478 e. The number of carboxylic acid groups (broad SMARTS) is 1. The molecule has 0 aromatic heterocycles. The highest BCUT2D eigenvalue weighted by atomic mass is 32.2. The smallest absolute Gasteiger partial charge is 0.336 e. The molecule has 1 aromatic rings. The first-order chi connectivity index (χ1) is 7.16. The van der Waals surface area contributed by atoms with Gasteiger partial charge in [0.2, 0.25) is 0 Å². The van der Waals surface area contributed by atoms with Crippen molar-refractivity contribution < 1.29 is 14.6 Å². The van der Waals surface area contributed by atoms with Crippen molar-refractivity contribution >= 4 is 17.7 Å². The summed E-state index contributed by atoms with van der Waals surface area (Å²) in [4.78, 5) is 11.8. The van der Waals surface area contributed by atoms with Crippen molar-refractivity contribution in [3.63, 3.8) is 0 Å². The maximum Gasteiger partial charge on any atom is 0.336 e. The lowest BCUT2D eigenvalue weighted by molar-refractivity contribution is 0.0693. The van der Waals surface area contributed by atoms with Gasteiger partial charge in [0.15, 0.2) is 0 Å². The van der Waals surface area contributed by atoms with Crippen molar-refractivity contribution in [1.82, 2.24) is 0 Å². The fraction of sp³-hybridized carbons (Fsp3) is 0.364. The highest BCUT2D eigenvalue weighted by molar-refractivity contribution is 7.99. The molecule has 0 aliphatic carbocycles. The molecular formula is C11H14O3S. The molecule has 0 heterocycles. The van der Waals surface area contributed by atoms with E-state index < -0.39 is 5.97 Å². The van der Waals surface area contributed by atoms with E-state index in [0.29, 0.717) is 12.2 Å². The molecule has 0 amide bonds. The van der Waals surface area contributed by atoms with E-state index in [1.807, 2.05) is 13.0 Å². The van der Waals surface area contributed by atoms with Crippen LogP contribution in [0.1, 0.15) is 15.9 Å². The number of hydrogen-bond acceptors (Lipinski definition) is 3. The van der Waals surface area contributed by atoms with E-state index in [1.54, 1.807) is 19.2 Å². The van der Waals surface area contributed by atoms with Gasteiger partial charge in [-0.25, -0.2) is 4.79 Å². The van der Waals surface area contributed by atoms with Crippen LogP contribution in [-0.2, 0) is 4.74 Å². The molecular weight excluding hydrogens is 212 g/mol. The van der Waals surface area contributed by atoms with Gasteiger partial charge in [0, 0.05) is 17.8 Å². The fourth-order valence-electron chi connectivity index (χ4n) is 1.24. The highest BCUT2D eigenvalue weighted by Crippen LogP contribution is 2.26. The molecule has 4 heteroatoms. The van der Waals surface area contributed by atoms with E-state index in [2.05, 4.69) is 0 Å². The van der Waals surface area contributed by atoms with Gasteiger partial charge in [-0.15, -0.1) is 11.8 Å². The molecule has 0 spiro atoms. The van der Waals surface area contributed by atoms with Crippen LogP contribution in [0, 0.1) is 6.92 Å². The Hall–Kier alpha value is -1.00. The van der Waals surface area contributed by atoms with Gasteiger partial charge in [-0.05, 0) is 18.6 Å². The molecule has 82 valence electrons. The summed E-state index contributed by atoms with van der Waals surface area (Å²) in [5.74, 6) is -0.111. The van der Waals surface area contributed by atoms with E-state index in [-0.39, 0.29) is 0 Å². The highest BCUT2D eigenvalue weighted by Gasteiger charge is 2.11. The van der Waals surface area contributed by atoms with Gasteiger partial charge in [0.25, 0.3) is 0 Å². The predicted molar refractivity (Wildman–Crippen MR) is 60.7 cm³/mol. The third kappa shape index (κ3) is 3.25. The molecule has 0 bridgehead atoms. The minimum Gasteiger partial charge on any atom is -0.478 e. The molecule has 0 atom stereocenters. The van der Waals surface area contributed by atoms with Gasteiger partial charge in [0.05, 0.1) is 12.2 Å². The first-order valence-corrected chi connectivity index (χ1v) is 5.60. The second kappa shape index (κ2) is 5.78. The lowest BCUT2D eigenvalue weighted by Gasteiger charge is -2.08. The summed E-state index contributed by atoms with van der Waals surface area (Å²) in [6.07, 6.45) is 0. The Morgan fingerprint density at radius 2 is 2.27 bits per heavy atom. The van der Waals surface area contributed by atoms with Crippen LogP contribution < -0.4 is 0 Å². The number of carboxylic acids is 1. The average Bonchev–Trinajstić information content (AvgIpc) is 2.20. The Balaban J connectivity index is 2.87. The van der Waals surface area contributed by atoms with Crippen LogP contribution in [0.2, 0.25) is 0 Å². The Morgan fingerprint density at radius 3 is 2.87 bits per heavy atom. The molecule has 0 aliphatic heterocycles. The van der Waals surface area contributed by atoms with Crippen LogP contribution in [0.15, 0.2) is 23.1 Å².